The number of nitrogens with one attached hydrogen (secondary N) is 1. The van der Waals surface area contributed by atoms with Crippen LogP contribution >= 0.6 is 0 Å². The number of rotatable bonds is 5. The maximum absolute atomic E-state index is 10.5. The highest BCUT2D eigenvalue weighted by Gasteiger charge is 2.14. The lowest BCUT2D eigenvalue weighted by Gasteiger charge is -2.14. The van der Waals surface area contributed by atoms with Gasteiger partial charge in [0.2, 0.25) is 0 Å². The molecule has 2 N–H and O–H groups in total. The van der Waals surface area contributed by atoms with E-state index in [2.05, 4.69) is 5.29 Å². The van der Waals surface area contributed by atoms with Crippen LogP contribution in [0.25, 0.3) is 0 Å². The molecule has 16 heavy (non-hydrogen) atoms. The number of nitrogens with zero attached hydrogens (tertiary/aromatic N) is 2. The molecule has 1 aromatic carbocycles. The molecular weight excluding hydrogens is 238 g/mol. The molecule has 0 saturated heterocycles. The molecule has 0 atom stereocenters. The highest BCUT2D eigenvalue weighted by molar-refractivity contribution is 7.83. The number of ether oxygens (including phenoxy) is 1. The molecule has 0 amide bonds. The molecule has 0 saturated carbocycles. The standard InChI is InChI=1S/C7H9N3O5S/c1-15-7-4-2-3-6(5-7)10(8-11)9-16(12,13)14/h2-5,9H,1H3,(H,12,13,14). The van der Waals surface area contributed by atoms with Crippen LogP contribution in [-0.2, 0) is 10.3 Å². The zero-order chi connectivity index (χ0) is 12.2. The lowest BCUT2D eigenvalue weighted by molar-refractivity contribution is 0.414. The normalized spacial score (nSPS) is 10.9. The third-order valence-electron chi connectivity index (χ3n) is 1.58. The molecule has 0 unspecified atom stereocenters. The Balaban J connectivity index is 2.99. The van der Waals surface area contributed by atoms with Gasteiger partial charge in [0.05, 0.1) is 18.1 Å². The van der Waals surface area contributed by atoms with Crippen molar-refractivity contribution < 1.29 is 17.7 Å². The molecule has 0 aliphatic heterocycles. The van der Waals surface area contributed by atoms with Crippen molar-refractivity contribution in [3.63, 3.8) is 0 Å². The molecule has 0 spiro atoms. The Labute approximate surface area is 91.6 Å². The molecule has 9 heteroatoms. The molecule has 0 radical (unpaired) electrons. The number of hydrogen-bond donors (Lipinski definition) is 2. The van der Waals surface area contributed by atoms with Gasteiger partial charge in [-0.15, -0.1) is 10.0 Å². The van der Waals surface area contributed by atoms with Crippen LogP contribution in [0.3, 0.4) is 0 Å². The van der Waals surface area contributed by atoms with Gasteiger partial charge in [-0.3, -0.25) is 4.55 Å². The van der Waals surface area contributed by atoms with Crippen molar-refractivity contribution in [1.82, 2.24) is 4.83 Å². The Hall–Kier alpha value is -1.71. The highest BCUT2D eigenvalue weighted by Crippen LogP contribution is 2.19. The summed E-state index contributed by atoms with van der Waals surface area (Å²) in [6, 6.07) is 5.89. The lowest BCUT2D eigenvalue weighted by atomic mass is 10.3. The monoisotopic (exact) mass is 247 g/mol. The van der Waals surface area contributed by atoms with E-state index in [-0.39, 0.29) is 5.69 Å². The summed E-state index contributed by atoms with van der Waals surface area (Å²) < 4.78 is 34.4. The van der Waals surface area contributed by atoms with Crippen LogP contribution in [0.4, 0.5) is 5.69 Å². The van der Waals surface area contributed by atoms with Gasteiger partial charge in [0.1, 0.15) is 5.75 Å². The Morgan fingerprint density at radius 1 is 1.50 bits per heavy atom. The van der Waals surface area contributed by atoms with Gasteiger partial charge < -0.3 is 4.74 Å². The molecule has 88 valence electrons. The number of methoxy groups -OCH3 is 1. The first-order valence-corrected chi connectivity index (χ1v) is 5.42. The third kappa shape index (κ3) is 3.46. The van der Waals surface area contributed by atoms with Crippen molar-refractivity contribution in [3.8, 4) is 5.75 Å². The van der Waals surface area contributed by atoms with Gasteiger partial charge in [-0.25, -0.2) is 0 Å². The number of hydrogen-bond acceptors (Lipinski definition) is 5. The zero-order valence-corrected chi connectivity index (χ0v) is 9.01. The van der Waals surface area contributed by atoms with Gasteiger partial charge in [0.15, 0.2) is 0 Å². The first kappa shape index (κ1) is 12.4. The van der Waals surface area contributed by atoms with Gasteiger partial charge >= 0.3 is 10.3 Å². The molecule has 8 nitrogen and oxygen atoms in total. The van der Waals surface area contributed by atoms with Gasteiger partial charge in [-0.05, 0) is 12.1 Å². The van der Waals surface area contributed by atoms with Crippen molar-refractivity contribution in [2.45, 2.75) is 0 Å². The van der Waals surface area contributed by atoms with Crippen molar-refractivity contribution in [3.05, 3.63) is 29.2 Å². The van der Waals surface area contributed by atoms with E-state index >= 15 is 0 Å². The van der Waals surface area contributed by atoms with E-state index < -0.39 is 10.3 Å². The second kappa shape index (κ2) is 4.88. The van der Waals surface area contributed by atoms with Gasteiger partial charge in [-0.1, -0.05) is 10.9 Å². The summed E-state index contributed by atoms with van der Waals surface area (Å²) in [5.74, 6) is 0.406. The highest BCUT2D eigenvalue weighted by atomic mass is 32.2. The summed E-state index contributed by atoms with van der Waals surface area (Å²) in [7, 11) is -3.15. The molecule has 0 fully saturated rings. The zero-order valence-electron chi connectivity index (χ0n) is 8.19. The summed E-state index contributed by atoms with van der Waals surface area (Å²) in [5, 5.41) is 2.76. The quantitative estimate of drug-likeness (QED) is 0.445. The fraction of sp³-hybridized carbons (Fsp3) is 0.143. The van der Waals surface area contributed by atoms with E-state index in [1.165, 1.54) is 30.1 Å². The summed E-state index contributed by atoms with van der Waals surface area (Å²) >= 11 is 0. The Morgan fingerprint density at radius 2 is 2.19 bits per heavy atom. The summed E-state index contributed by atoms with van der Waals surface area (Å²) in [5.41, 5.74) is 0.104. The van der Waals surface area contributed by atoms with Gasteiger partial charge in [-0.2, -0.15) is 8.42 Å². The van der Waals surface area contributed by atoms with E-state index in [9.17, 15) is 13.3 Å². The van der Waals surface area contributed by atoms with Crippen LogP contribution in [0.5, 0.6) is 5.75 Å². The lowest BCUT2D eigenvalue weighted by Crippen LogP contribution is -2.37. The maximum atomic E-state index is 10.5. The second-order valence-corrected chi connectivity index (χ2v) is 3.79. The Morgan fingerprint density at radius 3 is 2.69 bits per heavy atom. The first-order chi connectivity index (χ1) is 7.46. The number of hydrazine groups is 1. The Kier molecular flexibility index (Phi) is 3.77. The second-order valence-electron chi connectivity index (χ2n) is 2.66. The van der Waals surface area contributed by atoms with Crippen molar-refractivity contribution >= 4 is 16.0 Å². The number of benzene rings is 1. The fourth-order valence-corrected chi connectivity index (χ4v) is 1.33. The van der Waals surface area contributed by atoms with Crippen molar-refractivity contribution in [1.29, 1.82) is 0 Å². The average Bonchev–Trinajstić information content (AvgIpc) is 2.25. The van der Waals surface area contributed by atoms with E-state index in [0.717, 1.165) is 0 Å². The molecular formula is C7H9N3O5S. The van der Waals surface area contributed by atoms with Crippen molar-refractivity contribution in [2.24, 2.45) is 5.29 Å². The smallest absolute Gasteiger partial charge is 0.352 e. The topological polar surface area (TPSA) is 108 Å². The molecule has 0 aliphatic rings. The van der Waals surface area contributed by atoms with Crippen LogP contribution in [0.15, 0.2) is 29.6 Å². The summed E-state index contributed by atoms with van der Waals surface area (Å²) in [6.45, 7) is 0. The van der Waals surface area contributed by atoms with Gasteiger partial charge in [0.25, 0.3) is 0 Å². The van der Waals surface area contributed by atoms with Crippen molar-refractivity contribution in [2.75, 3.05) is 12.2 Å². The Bertz CT molecular complexity index is 475. The fourth-order valence-electron chi connectivity index (χ4n) is 0.968. The average molecular weight is 247 g/mol. The van der Waals surface area contributed by atoms with E-state index in [0.29, 0.717) is 10.9 Å². The third-order valence-corrected chi connectivity index (χ3v) is 1.99. The number of nitroso groups, excluding NO2 is 1. The molecule has 1 rings (SSSR count). The molecule has 1 aromatic rings. The minimum absolute atomic E-state index is 0.104. The maximum Gasteiger partial charge on any atom is 0.352 e. The van der Waals surface area contributed by atoms with E-state index in [1.807, 2.05) is 0 Å². The van der Waals surface area contributed by atoms with E-state index in [4.69, 9.17) is 9.29 Å². The summed E-state index contributed by atoms with van der Waals surface area (Å²) in [6.07, 6.45) is 0. The predicted octanol–water partition coefficient (Wildman–Crippen LogP) is 0.490. The molecule has 0 heterocycles. The van der Waals surface area contributed by atoms with Crippen LogP contribution < -0.4 is 14.7 Å². The molecule has 0 bridgehead atoms. The van der Waals surface area contributed by atoms with Gasteiger partial charge in [0, 0.05) is 6.07 Å². The largest absolute Gasteiger partial charge is 0.497 e. The van der Waals surface area contributed by atoms with Crippen LogP contribution in [0.2, 0.25) is 0 Å². The minimum Gasteiger partial charge on any atom is -0.497 e. The molecule has 0 aromatic heterocycles. The first-order valence-electron chi connectivity index (χ1n) is 3.98. The molecule has 0 aliphatic carbocycles. The number of anilines is 1. The van der Waals surface area contributed by atoms with Crippen LogP contribution in [-0.4, -0.2) is 20.1 Å². The van der Waals surface area contributed by atoms with Crippen LogP contribution in [0, 0.1) is 4.91 Å². The van der Waals surface area contributed by atoms with Crippen LogP contribution in [0.1, 0.15) is 0 Å². The summed E-state index contributed by atoms with van der Waals surface area (Å²) in [4.78, 5) is 11.9. The van der Waals surface area contributed by atoms with E-state index in [1.54, 1.807) is 6.07 Å². The predicted molar refractivity (Wildman–Crippen MR) is 56.0 cm³/mol. The SMILES string of the molecule is COc1cccc(N(N=O)NS(=O)(=O)O)c1. The minimum atomic E-state index is -4.56.